The lowest BCUT2D eigenvalue weighted by Gasteiger charge is -2.10. The molecule has 0 saturated carbocycles. The van der Waals surface area contributed by atoms with Crippen molar-refractivity contribution in [3.05, 3.63) is 47.9 Å². The molecule has 3 nitrogen and oxygen atoms in total. The van der Waals surface area contributed by atoms with Crippen molar-refractivity contribution in [3.63, 3.8) is 0 Å². The smallest absolute Gasteiger partial charge is 0.174 e. The zero-order chi connectivity index (χ0) is 12.1. The van der Waals surface area contributed by atoms with Crippen LogP contribution in [0, 0.1) is 0 Å². The number of benzene rings is 1. The summed E-state index contributed by atoms with van der Waals surface area (Å²) in [5, 5.41) is 3.63. The number of nitrogens with zero attached hydrogens (tertiary/aromatic N) is 1. The molecule has 0 N–H and O–H groups in total. The summed E-state index contributed by atoms with van der Waals surface area (Å²) in [5.74, 6) is 2.18. The van der Waals surface area contributed by atoms with Crippen LogP contribution in [-0.2, 0) is 6.61 Å². The van der Waals surface area contributed by atoms with Gasteiger partial charge in [-0.05, 0) is 30.0 Å². The summed E-state index contributed by atoms with van der Waals surface area (Å²) in [4.78, 5) is 0. The van der Waals surface area contributed by atoms with Crippen molar-refractivity contribution in [3.8, 4) is 5.75 Å². The minimum atomic E-state index is 0.419. The van der Waals surface area contributed by atoms with Crippen molar-refractivity contribution in [2.24, 2.45) is 0 Å². The van der Waals surface area contributed by atoms with E-state index >= 15 is 0 Å². The van der Waals surface area contributed by atoms with E-state index in [1.54, 1.807) is 12.3 Å². The number of hydrogen-bond donors (Lipinski definition) is 0. The Bertz CT molecular complexity index is 434. The Hall–Kier alpha value is -1.77. The fourth-order valence-corrected chi connectivity index (χ4v) is 1.60. The molecule has 1 unspecified atom stereocenters. The second-order valence-corrected chi connectivity index (χ2v) is 4.15. The molecule has 0 amide bonds. The molecule has 0 saturated heterocycles. The van der Waals surface area contributed by atoms with Crippen LogP contribution in [0.3, 0.4) is 0 Å². The van der Waals surface area contributed by atoms with Gasteiger partial charge in [-0.2, -0.15) is 0 Å². The van der Waals surface area contributed by atoms with Gasteiger partial charge in [0.25, 0.3) is 0 Å². The van der Waals surface area contributed by atoms with Gasteiger partial charge in [0.2, 0.25) is 0 Å². The van der Waals surface area contributed by atoms with Crippen LogP contribution in [0.25, 0.3) is 0 Å². The quantitative estimate of drug-likeness (QED) is 0.785. The van der Waals surface area contributed by atoms with Crippen LogP contribution in [0.1, 0.15) is 37.5 Å². The molecule has 0 fully saturated rings. The summed E-state index contributed by atoms with van der Waals surface area (Å²) in [6.07, 6.45) is 2.77. The minimum Gasteiger partial charge on any atom is -0.486 e. The molecule has 0 bridgehead atoms. The summed E-state index contributed by atoms with van der Waals surface area (Å²) in [6, 6.07) is 10.0. The highest BCUT2D eigenvalue weighted by Crippen LogP contribution is 2.21. The van der Waals surface area contributed by atoms with E-state index in [0.29, 0.717) is 12.5 Å². The number of rotatable bonds is 5. The maximum absolute atomic E-state index is 5.59. The lowest BCUT2D eigenvalue weighted by atomic mass is 9.99. The molecule has 0 aliphatic carbocycles. The Labute approximate surface area is 101 Å². The van der Waals surface area contributed by atoms with E-state index in [1.165, 1.54) is 5.56 Å². The third-order valence-electron chi connectivity index (χ3n) is 2.93. The van der Waals surface area contributed by atoms with Crippen LogP contribution in [0.2, 0.25) is 0 Å². The van der Waals surface area contributed by atoms with Gasteiger partial charge in [-0.3, -0.25) is 0 Å². The first kappa shape index (κ1) is 11.7. The standard InChI is InChI=1S/C14H17NO2/c1-3-11(2)12-4-6-13(7-5-12)16-10-14-8-9-15-17-14/h4-9,11H,3,10H2,1-2H3. The molecule has 1 aromatic carbocycles. The second kappa shape index (κ2) is 5.53. The molecule has 1 atom stereocenters. The molecule has 3 heteroatoms. The van der Waals surface area contributed by atoms with Gasteiger partial charge < -0.3 is 9.26 Å². The molecular formula is C14H17NO2. The first-order valence-electron chi connectivity index (χ1n) is 5.92. The van der Waals surface area contributed by atoms with Crippen molar-refractivity contribution >= 4 is 0 Å². The van der Waals surface area contributed by atoms with Crippen molar-refractivity contribution in [2.75, 3.05) is 0 Å². The van der Waals surface area contributed by atoms with E-state index in [0.717, 1.165) is 17.9 Å². The van der Waals surface area contributed by atoms with Gasteiger partial charge in [-0.25, -0.2) is 0 Å². The van der Waals surface area contributed by atoms with Crippen molar-refractivity contribution < 1.29 is 9.26 Å². The van der Waals surface area contributed by atoms with E-state index in [1.807, 2.05) is 12.1 Å². The zero-order valence-electron chi connectivity index (χ0n) is 10.2. The highest BCUT2D eigenvalue weighted by atomic mass is 16.5. The molecule has 90 valence electrons. The first-order chi connectivity index (χ1) is 8.29. The van der Waals surface area contributed by atoms with Gasteiger partial charge in [0.15, 0.2) is 5.76 Å². The van der Waals surface area contributed by atoms with Crippen LogP contribution in [0.15, 0.2) is 41.1 Å². The molecule has 0 spiro atoms. The van der Waals surface area contributed by atoms with Gasteiger partial charge in [-0.1, -0.05) is 31.1 Å². The lowest BCUT2D eigenvalue weighted by molar-refractivity contribution is 0.249. The van der Waals surface area contributed by atoms with E-state index in [-0.39, 0.29) is 0 Å². The Morgan fingerprint density at radius 1 is 1.24 bits per heavy atom. The third kappa shape index (κ3) is 3.09. The Balaban J connectivity index is 1.94. The first-order valence-corrected chi connectivity index (χ1v) is 5.92. The highest BCUT2D eigenvalue weighted by molar-refractivity contribution is 5.29. The summed E-state index contributed by atoms with van der Waals surface area (Å²) < 4.78 is 10.5. The molecule has 1 aromatic heterocycles. The number of hydrogen-bond acceptors (Lipinski definition) is 3. The monoisotopic (exact) mass is 231 g/mol. The van der Waals surface area contributed by atoms with Gasteiger partial charge in [-0.15, -0.1) is 0 Å². The molecule has 0 aliphatic rings. The highest BCUT2D eigenvalue weighted by Gasteiger charge is 2.03. The summed E-state index contributed by atoms with van der Waals surface area (Å²) in [5.41, 5.74) is 1.35. The fourth-order valence-electron chi connectivity index (χ4n) is 1.60. The molecule has 17 heavy (non-hydrogen) atoms. The van der Waals surface area contributed by atoms with E-state index in [9.17, 15) is 0 Å². The molecule has 0 radical (unpaired) electrons. The number of aromatic nitrogens is 1. The molecule has 0 aliphatic heterocycles. The Morgan fingerprint density at radius 2 is 2.00 bits per heavy atom. The maximum atomic E-state index is 5.59. The van der Waals surface area contributed by atoms with Gasteiger partial charge in [0.1, 0.15) is 12.4 Å². The fraction of sp³-hybridized carbons (Fsp3) is 0.357. The third-order valence-corrected chi connectivity index (χ3v) is 2.93. The predicted octanol–water partition coefficient (Wildman–Crippen LogP) is 3.77. The topological polar surface area (TPSA) is 35.3 Å². The Kier molecular flexibility index (Phi) is 3.81. The van der Waals surface area contributed by atoms with Crippen molar-refractivity contribution in [2.45, 2.75) is 32.8 Å². The van der Waals surface area contributed by atoms with Crippen LogP contribution in [0.4, 0.5) is 0 Å². The minimum absolute atomic E-state index is 0.419. The van der Waals surface area contributed by atoms with Crippen LogP contribution >= 0.6 is 0 Å². The SMILES string of the molecule is CCC(C)c1ccc(OCc2ccno2)cc1. The summed E-state index contributed by atoms with van der Waals surface area (Å²) in [7, 11) is 0. The van der Waals surface area contributed by atoms with Gasteiger partial charge in [0, 0.05) is 6.07 Å². The molecule has 1 heterocycles. The maximum Gasteiger partial charge on any atom is 0.174 e. The van der Waals surface area contributed by atoms with Crippen molar-refractivity contribution in [1.82, 2.24) is 5.16 Å². The van der Waals surface area contributed by atoms with Crippen LogP contribution in [0.5, 0.6) is 5.75 Å². The summed E-state index contributed by atoms with van der Waals surface area (Å²) in [6.45, 7) is 4.84. The van der Waals surface area contributed by atoms with E-state index < -0.39 is 0 Å². The normalized spacial score (nSPS) is 12.4. The Morgan fingerprint density at radius 3 is 2.59 bits per heavy atom. The molecule has 2 rings (SSSR count). The molecule has 2 aromatic rings. The predicted molar refractivity (Wildman–Crippen MR) is 66.0 cm³/mol. The van der Waals surface area contributed by atoms with Crippen LogP contribution < -0.4 is 4.74 Å². The van der Waals surface area contributed by atoms with Crippen molar-refractivity contribution in [1.29, 1.82) is 0 Å². The van der Waals surface area contributed by atoms with Gasteiger partial charge in [0.05, 0.1) is 6.20 Å². The summed E-state index contributed by atoms with van der Waals surface area (Å²) >= 11 is 0. The molecular weight excluding hydrogens is 214 g/mol. The van der Waals surface area contributed by atoms with E-state index in [4.69, 9.17) is 9.26 Å². The van der Waals surface area contributed by atoms with Crippen LogP contribution in [-0.4, -0.2) is 5.16 Å². The van der Waals surface area contributed by atoms with Gasteiger partial charge >= 0.3 is 0 Å². The lowest BCUT2D eigenvalue weighted by Crippen LogP contribution is -1.95. The average Bonchev–Trinajstić information content (AvgIpc) is 2.89. The average molecular weight is 231 g/mol. The zero-order valence-corrected chi connectivity index (χ0v) is 10.2. The second-order valence-electron chi connectivity index (χ2n) is 4.15. The largest absolute Gasteiger partial charge is 0.486 e. The number of ether oxygens (including phenoxy) is 1. The van der Waals surface area contributed by atoms with E-state index in [2.05, 4.69) is 31.1 Å².